The van der Waals surface area contributed by atoms with E-state index in [4.69, 9.17) is 15.5 Å². The minimum absolute atomic E-state index is 0. The molecule has 2 aromatic carbocycles. The Morgan fingerprint density at radius 3 is 2.53 bits per heavy atom. The van der Waals surface area contributed by atoms with Crippen molar-refractivity contribution in [2.24, 2.45) is 5.73 Å². The molecule has 0 saturated carbocycles. The van der Waals surface area contributed by atoms with Crippen LogP contribution in [0.1, 0.15) is 18.4 Å². The number of hydrogen-bond acceptors (Lipinski definition) is 6. The van der Waals surface area contributed by atoms with Crippen LogP contribution >= 0.6 is 12.4 Å². The normalized spacial score (nSPS) is 14.3. The summed E-state index contributed by atoms with van der Waals surface area (Å²) in [4.78, 5) is 11.9. The summed E-state index contributed by atoms with van der Waals surface area (Å²) in [6.45, 7) is 3.30. The molecule has 0 spiro atoms. The van der Waals surface area contributed by atoms with Gasteiger partial charge in [-0.3, -0.25) is 4.40 Å². The van der Waals surface area contributed by atoms with Crippen LogP contribution in [0.3, 0.4) is 0 Å². The van der Waals surface area contributed by atoms with Gasteiger partial charge in [0, 0.05) is 37.1 Å². The van der Waals surface area contributed by atoms with Crippen LogP contribution in [-0.2, 0) is 0 Å². The lowest BCUT2D eigenvalue weighted by atomic mass is 9.98. The molecule has 34 heavy (non-hydrogen) atoms. The number of nitrogens with zero attached hydrogens (tertiary/aromatic N) is 4. The number of aromatic hydroxyl groups is 1. The van der Waals surface area contributed by atoms with E-state index in [1.807, 2.05) is 22.7 Å². The van der Waals surface area contributed by atoms with E-state index in [2.05, 4.69) is 9.88 Å². The van der Waals surface area contributed by atoms with Gasteiger partial charge in [-0.15, -0.1) is 12.4 Å². The van der Waals surface area contributed by atoms with Gasteiger partial charge in [0.1, 0.15) is 11.5 Å². The molecular weight excluding hydrogens is 457 g/mol. The van der Waals surface area contributed by atoms with Crippen LogP contribution in [0.4, 0.5) is 10.3 Å². The van der Waals surface area contributed by atoms with Crippen LogP contribution in [0.25, 0.3) is 28.0 Å². The number of aromatic nitrogens is 3. The number of halogens is 2. The van der Waals surface area contributed by atoms with Crippen LogP contribution in [0.2, 0.25) is 0 Å². The van der Waals surface area contributed by atoms with E-state index in [1.165, 1.54) is 13.2 Å². The minimum Gasteiger partial charge on any atom is -0.504 e. The van der Waals surface area contributed by atoms with E-state index in [1.54, 1.807) is 31.3 Å². The van der Waals surface area contributed by atoms with Crippen molar-refractivity contribution in [3.63, 3.8) is 0 Å². The zero-order valence-corrected chi connectivity index (χ0v) is 19.8. The van der Waals surface area contributed by atoms with Crippen molar-refractivity contribution in [3.05, 3.63) is 60.2 Å². The maximum absolute atomic E-state index is 14.6. The standard InChI is InChI=1S/C25H26FN5O2.ClH/c1-15-3-4-17(13-19(15)26)23-22(16-5-6-21(33-2)20(32)14-16)24-28-9-12-31(24)25(29-23)30-10-7-18(27)8-11-30;/h3-6,9,12-14,18,32H,7-8,10-11,27H2,1-2H3;1H. The van der Waals surface area contributed by atoms with Crippen molar-refractivity contribution in [2.45, 2.75) is 25.8 Å². The lowest BCUT2D eigenvalue weighted by Gasteiger charge is -2.32. The molecule has 2 aromatic heterocycles. The molecule has 4 aromatic rings. The summed E-state index contributed by atoms with van der Waals surface area (Å²) in [5.41, 5.74) is 10.0. The number of nitrogens with two attached hydrogens (primary N) is 1. The summed E-state index contributed by atoms with van der Waals surface area (Å²) in [5.74, 6) is 0.823. The third-order valence-electron chi connectivity index (χ3n) is 6.26. The largest absolute Gasteiger partial charge is 0.504 e. The Hall–Kier alpha value is -3.36. The molecule has 0 amide bonds. The molecule has 5 rings (SSSR count). The van der Waals surface area contributed by atoms with Crippen molar-refractivity contribution in [3.8, 4) is 33.9 Å². The summed E-state index contributed by atoms with van der Waals surface area (Å²) in [6.07, 6.45) is 5.35. The van der Waals surface area contributed by atoms with Gasteiger partial charge in [0.05, 0.1) is 18.4 Å². The van der Waals surface area contributed by atoms with Gasteiger partial charge in [0.15, 0.2) is 11.5 Å². The number of fused-ring (bicyclic) bond motifs is 1. The van der Waals surface area contributed by atoms with Crippen molar-refractivity contribution in [2.75, 3.05) is 25.1 Å². The van der Waals surface area contributed by atoms with E-state index < -0.39 is 0 Å². The molecule has 0 bridgehead atoms. The van der Waals surface area contributed by atoms with Crippen molar-refractivity contribution < 1.29 is 14.2 Å². The Morgan fingerprint density at radius 1 is 1.12 bits per heavy atom. The molecule has 3 heterocycles. The van der Waals surface area contributed by atoms with Gasteiger partial charge in [0.2, 0.25) is 5.95 Å². The first kappa shape index (κ1) is 23.8. The van der Waals surface area contributed by atoms with Gasteiger partial charge in [-0.2, -0.15) is 0 Å². The molecule has 9 heteroatoms. The number of phenols is 1. The quantitative estimate of drug-likeness (QED) is 0.442. The fourth-order valence-corrected chi connectivity index (χ4v) is 4.35. The van der Waals surface area contributed by atoms with Crippen molar-refractivity contribution >= 4 is 24.0 Å². The van der Waals surface area contributed by atoms with Crippen molar-refractivity contribution in [1.29, 1.82) is 0 Å². The molecule has 0 radical (unpaired) electrons. The molecule has 0 aliphatic carbocycles. The highest BCUT2D eigenvalue weighted by Crippen LogP contribution is 2.40. The SMILES string of the molecule is COc1ccc(-c2c(-c3ccc(C)c(F)c3)nc(N3CCC(N)CC3)n3ccnc23)cc1O.Cl. The van der Waals surface area contributed by atoms with E-state index in [9.17, 15) is 9.50 Å². The summed E-state index contributed by atoms with van der Waals surface area (Å²) >= 11 is 0. The number of piperidine rings is 1. The highest BCUT2D eigenvalue weighted by molar-refractivity contribution is 5.91. The molecule has 1 aliphatic rings. The van der Waals surface area contributed by atoms with Gasteiger partial charge in [-0.05, 0) is 49.1 Å². The van der Waals surface area contributed by atoms with Crippen molar-refractivity contribution in [1.82, 2.24) is 14.4 Å². The maximum atomic E-state index is 14.6. The second kappa shape index (κ2) is 9.48. The smallest absolute Gasteiger partial charge is 0.211 e. The lowest BCUT2D eigenvalue weighted by Crippen LogP contribution is -2.40. The molecule has 1 saturated heterocycles. The van der Waals surface area contributed by atoms with E-state index >= 15 is 0 Å². The van der Waals surface area contributed by atoms with Crippen LogP contribution in [0.5, 0.6) is 11.5 Å². The average Bonchev–Trinajstić information content (AvgIpc) is 3.30. The third kappa shape index (κ3) is 4.15. The lowest BCUT2D eigenvalue weighted by molar-refractivity contribution is 0.373. The Bertz CT molecular complexity index is 1330. The number of ether oxygens (including phenoxy) is 1. The van der Waals surface area contributed by atoms with Gasteiger partial charge in [-0.25, -0.2) is 14.4 Å². The Labute approximate surface area is 203 Å². The monoisotopic (exact) mass is 483 g/mol. The molecule has 7 nitrogen and oxygen atoms in total. The summed E-state index contributed by atoms with van der Waals surface area (Å²) in [5, 5.41) is 10.4. The van der Waals surface area contributed by atoms with Gasteiger partial charge in [0.25, 0.3) is 0 Å². The van der Waals surface area contributed by atoms with E-state index in [-0.39, 0.29) is 30.0 Å². The Balaban J connectivity index is 0.00000274. The van der Waals surface area contributed by atoms with Crippen LogP contribution in [-0.4, -0.2) is 45.7 Å². The highest BCUT2D eigenvalue weighted by Gasteiger charge is 2.25. The Morgan fingerprint density at radius 2 is 1.85 bits per heavy atom. The Kier molecular flexibility index (Phi) is 6.63. The van der Waals surface area contributed by atoms with Gasteiger partial charge >= 0.3 is 0 Å². The fourth-order valence-electron chi connectivity index (χ4n) is 4.35. The molecule has 1 fully saturated rings. The second-order valence-electron chi connectivity index (χ2n) is 8.43. The van der Waals surface area contributed by atoms with E-state index in [0.717, 1.165) is 31.9 Å². The summed E-state index contributed by atoms with van der Waals surface area (Å²) in [7, 11) is 1.50. The summed E-state index contributed by atoms with van der Waals surface area (Å²) in [6, 6.07) is 10.5. The van der Waals surface area contributed by atoms with Gasteiger partial charge in [-0.1, -0.05) is 18.2 Å². The first-order valence-corrected chi connectivity index (χ1v) is 11.0. The third-order valence-corrected chi connectivity index (χ3v) is 6.26. The number of rotatable bonds is 4. The second-order valence-corrected chi connectivity index (χ2v) is 8.43. The number of imidazole rings is 1. The maximum Gasteiger partial charge on any atom is 0.211 e. The predicted octanol–water partition coefficient (Wildman–Crippen LogP) is 4.57. The zero-order valence-electron chi connectivity index (χ0n) is 19.0. The molecule has 1 aliphatic heterocycles. The number of hydrogen-bond donors (Lipinski definition) is 2. The first-order chi connectivity index (χ1) is 16.0. The molecule has 3 N–H and O–H groups in total. The van der Waals surface area contributed by atoms with E-state index in [0.29, 0.717) is 39.3 Å². The minimum atomic E-state index is -0.300. The van der Waals surface area contributed by atoms with Crippen LogP contribution in [0, 0.1) is 12.7 Å². The average molecular weight is 484 g/mol. The molecular formula is C25H27ClFN5O2. The zero-order chi connectivity index (χ0) is 23.1. The molecule has 0 atom stereocenters. The number of aryl methyl sites for hydroxylation is 1. The predicted molar refractivity (Wildman–Crippen MR) is 133 cm³/mol. The number of benzene rings is 2. The number of anilines is 1. The van der Waals surface area contributed by atoms with Gasteiger partial charge < -0.3 is 20.5 Å². The van der Waals surface area contributed by atoms with Crippen LogP contribution < -0.4 is 15.4 Å². The molecule has 0 unspecified atom stereocenters. The summed E-state index contributed by atoms with van der Waals surface area (Å²) < 4.78 is 21.7. The first-order valence-electron chi connectivity index (χ1n) is 11.0. The van der Waals surface area contributed by atoms with Crippen LogP contribution in [0.15, 0.2) is 48.8 Å². The fraction of sp³-hybridized carbons (Fsp3) is 0.280. The molecule has 178 valence electrons. The number of phenolic OH excluding ortho intramolecular Hbond substituents is 1. The number of methoxy groups -OCH3 is 1. The highest BCUT2D eigenvalue weighted by atomic mass is 35.5. The topological polar surface area (TPSA) is 88.9 Å².